The molecule has 1 heterocycles. The molecule has 1 aliphatic rings. The Bertz CT molecular complexity index is 145. The summed E-state index contributed by atoms with van der Waals surface area (Å²) in [6, 6.07) is 0. The Balaban J connectivity index is 2.60. The molecular formula is C5H8O5. The van der Waals surface area contributed by atoms with Crippen molar-refractivity contribution in [3.8, 4) is 0 Å². The summed E-state index contributed by atoms with van der Waals surface area (Å²) in [6.45, 7) is -0.253. The van der Waals surface area contributed by atoms with Crippen molar-refractivity contribution in [3.05, 3.63) is 0 Å². The molecule has 0 bridgehead atoms. The van der Waals surface area contributed by atoms with E-state index in [-0.39, 0.29) is 6.61 Å². The average Bonchev–Trinajstić information content (AvgIpc) is 1.93. The first-order chi connectivity index (χ1) is 4.63. The van der Waals surface area contributed by atoms with E-state index in [9.17, 15) is 4.79 Å². The largest absolute Gasteiger partial charge is 0.461 e. The van der Waals surface area contributed by atoms with Crippen LogP contribution in [0.4, 0.5) is 0 Å². The van der Waals surface area contributed by atoms with Crippen LogP contribution in [-0.4, -0.2) is 46.2 Å². The maximum absolute atomic E-state index is 10.4. The van der Waals surface area contributed by atoms with Crippen LogP contribution in [0, 0.1) is 0 Å². The van der Waals surface area contributed by atoms with Gasteiger partial charge in [-0.25, -0.2) is 4.79 Å². The number of cyclic esters (lactones) is 1. The van der Waals surface area contributed by atoms with Crippen LogP contribution >= 0.6 is 0 Å². The zero-order valence-corrected chi connectivity index (χ0v) is 5.10. The number of esters is 1. The summed E-state index contributed by atoms with van der Waals surface area (Å²) in [7, 11) is 0. The molecule has 1 rings (SSSR count). The molecule has 0 aromatic carbocycles. The first-order valence-corrected chi connectivity index (χ1v) is 2.84. The summed E-state index contributed by atoms with van der Waals surface area (Å²) in [6.07, 6.45) is -4.20. The van der Waals surface area contributed by atoms with Crippen molar-refractivity contribution in [1.29, 1.82) is 0 Å². The number of carbonyl (C=O) groups is 1. The monoisotopic (exact) mass is 148 g/mol. The highest BCUT2D eigenvalue weighted by atomic mass is 16.6. The van der Waals surface area contributed by atoms with E-state index in [0.29, 0.717) is 0 Å². The Morgan fingerprint density at radius 2 is 2.00 bits per heavy atom. The molecule has 3 N–H and O–H groups in total. The molecule has 1 saturated heterocycles. The van der Waals surface area contributed by atoms with Crippen LogP contribution in [0.25, 0.3) is 0 Å². The van der Waals surface area contributed by atoms with Crippen LogP contribution in [-0.2, 0) is 9.53 Å². The molecule has 0 aliphatic carbocycles. The third-order valence-electron chi connectivity index (χ3n) is 1.36. The fourth-order valence-electron chi connectivity index (χ4n) is 0.701. The van der Waals surface area contributed by atoms with Crippen LogP contribution in [0.15, 0.2) is 0 Å². The van der Waals surface area contributed by atoms with E-state index in [1.54, 1.807) is 0 Å². The van der Waals surface area contributed by atoms with E-state index in [1.165, 1.54) is 0 Å². The molecule has 1 fully saturated rings. The van der Waals surface area contributed by atoms with Gasteiger partial charge in [0.05, 0.1) is 0 Å². The second-order valence-electron chi connectivity index (χ2n) is 2.13. The van der Waals surface area contributed by atoms with E-state index in [1.807, 2.05) is 0 Å². The minimum absolute atomic E-state index is 0.253. The molecule has 0 saturated carbocycles. The molecule has 5 nitrogen and oxygen atoms in total. The Morgan fingerprint density at radius 3 is 2.50 bits per heavy atom. The third kappa shape index (κ3) is 1.11. The second-order valence-corrected chi connectivity index (χ2v) is 2.13. The lowest BCUT2D eigenvalue weighted by Crippen LogP contribution is -2.50. The van der Waals surface area contributed by atoms with Gasteiger partial charge in [0.1, 0.15) is 18.8 Å². The van der Waals surface area contributed by atoms with Crippen molar-refractivity contribution in [2.24, 2.45) is 0 Å². The SMILES string of the molecule is O=C1OCC(O)C(O)C1O. The molecule has 3 unspecified atom stereocenters. The Labute approximate surface area is 56.9 Å². The van der Waals surface area contributed by atoms with Crippen molar-refractivity contribution in [2.45, 2.75) is 18.3 Å². The number of carbonyl (C=O) groups excluding carboxylic acids is 1. The topological polar surface area (TPSA) is 87.0 Å². The number of ether oxygens (including phenoxy) is 1. The minimum Gasteiger partial charge on any atom is -0.461 e. The summed E-state index contributed by atoms with van der Waals surface area (Å²) >= 11 is 0. The number of rotatable bonds is 0. The molecule has 3 atom stereocenters. The Morgan fingerprint density at radius 1 is 1.40 bits per heavy atom. The van der Waals surface area contributed by atoms with Gasteiger partial charge in [0, 0.05) is 0 Å². The number of aliphatic hydroxyl groups is 3. The van der Waals surface area contributed by atoms with Gasteiger partial charge in [-0.3, -0.25) is 0 Å². The quantitative estimate of drug-likeness (QED) is 0.334. The van der Waals surface area contributed by atoms with Crippen LogP contribution in [0.5, 0.6) is 0 Å². The smallest absolute Gasteiger partial charge is 0.337 e. The first kappa shape index (κ1) is 7.46. The Hall–Kier alpha value is -0.650. The first-order valence-electron chi connectivity index (χ1n) is 2.84. The van der Waals surface area contributed by atoms with E-state index in [2.05, 4.69) is 4.74 Å². The van der Waals surface area contributed by atoms with Crippen molar-refractivity contribution in [1.82, 2.24) is 0 Å². The van der Waals surface area contributed by atoms with Crippen molar-refractivity contribution < 1.29 is 24.9 Å². The lowest BCUT2D eigenvalue weighted by atomic mass is 10.1. The summed E-state index contributed by atoms with van der Waals surface area (Å²) in [5, 5.41) is 26.3. The number of hydrogen-bond acceptors (Lipinski definition) is 5. The van der Waals surface area contributed by atoms with Crippen LogP contribution < -0.4 is 0 Å². The predicted octanol–water partition coefficient (Wildman–Crippen LogP) is -2.37. The summed E-state index contributed by atoms with van der Waals surface area (Å²) in [4.78, 5) is 10.4. The van der Waals surface area contributed by atoms with Gasteiger partial charge in [-0.15, -0.1) is 0 Å². The highest BCUT2D eigenvalue weighted by Crippen LogP contribution is 2.08. The van der Waals surface area contributed by atoms with Gasteiger partial charge < -0.3 is 20.1 Å². The van der Waals surface area contributed by atoms with E-state index < -0.39 is 24.3 Å². The molecule has 0 aromatic heterocycles. The maximum Gasteiger partial charge on any atom is 0.337 e. The molecular weight excluding hydrogens is 140 g/mol. The van der Waals surface area contributed by atoms with Gasteiger partial charge in [-0.05, 0) is 0 Å². The molecule has 58 valence electrons. The van der Waals surface area contributed by atoms with Crippen LogP contribution in [0.1, 0.15) is 0 Å². The standard InChI is InChI=1S/C5H8O5/c6-2-1-10-5(9)4(8)3(2)7/h2-4,6-8H,1H2. The molecule has 0 amide bonds. The van der Waals surface area contributed by atoms with Crippen molar-refractivity contribution >= 4 is 5.97 Å². The highest BCUT2D eigenvalue weighted by molar-refractivity contribution is 5.76. The van der Waals surface area contributed by atoms with Gasteiger partial charge in [0.2, 0.25) is 0 Å². The molecule has 0 spiro atoms. The average molecular weight is 148 g/mol. The molecule has 1 aliphatic heterocycles. The van der Waals surface area contributed by atoms with Gasteiger partial charge in [-0.2, -0.15) is 0 Å². The van der Waals surface area contributed by atoms with Crippen LogP contribution in [0.3, 0.4) is 0 Å². The summed E-state index contributed by atoms with van der Waals surface area (Å²) < 4.78 is 4.27. The van der Waals surface area contributed by atoms with E-state index >= 15 is 0 Å². The third-order valence-corrected chi connectivity index (χ3v) is 1.36. The molecule has 0 radical (unpaired) electrons. The highest BCUT2D eigenvalue weighted by Gasteiger charge is 2.36. The van der Waals surface area contributed by atoms with Crippen molar-refractivity contribution in [2.75, 3.05) is 6.61 Å². The zero-order chi connectivity index (χ0) is 7.72. The lowest BCUT2D eigenvalue weighted by Gasteiger charge is -2.26. The molecule has 0 aromatic rings. The predicted molar refractivity (Wildman–Crippen MR) is 29.0 cm³/mol. The molecule has 5 heteroatoms. The maximum atomic E-state index is 10.4. The summed E-state index contributed by atoms with van der Waals surface area (Å²) in [5.41, 5.74) is 0. The number of hydrogen-bond donors (Lipinski definition) is 3. The van der Waals surface area contributed by atoms with Crippen LogP contribution in [0.2, 0.25) is 0 Å². The fourth-order valence-corrected chi connectivity index (χ4v) is 0.701. The van der Waals surface area contributed by atoms with Gasteiger partial charge in [0.15, 0.2) is 6.10 Å². The van der Waals surface area contributed by atoms with Gasteiger partial charge in [-0.1, -0.05) is 0 Å². The normalized spacial score (nSPS) is 41.1. The van der Waals surface area contributed by atoms with E-state index in [0.717, 1.165) is 0 Å². The Kier molecular flexibility index (Phi) is 1.89. The fraction of sp³-hybridized carbons (Fsp3) is 0.800. The van der Waals surface area contributed by atoms with Crippen molar-refractivity contribution in [3.63, 3.8) is 0 Å². The minimum atomic E-state index is -1.61. The molecule has 10 heavy (non-hydrogen) atoms. The number of aliphatic hydroxyl groups excluding tert-OH is 3. The summed E-state index contributed by atoms with van der Waals surface area (Å²) in [5.74, 6) is -0.891. The van der Waals surface area contributed by atoms with Gasteiger partial charge >= 0.3 is 5.97 Å². The van der Waals surface area contributed by atoms with Gasteiger partial charge in [0.25, 0.3) is 0 Å². The zero-order valence-electron chi connectivity index (χ0n) is 5.10. The second kappa shape index (κ2) is 2.53. The van der Waals surface area contributed by atoms with E-state index in [4.69, 9.17) is 15.3 Å². The lowest BCUT2D eigenvalue weighted by molar-refractivity contribution is -0.185.